The Hall–Kier alpha value is -2.63. The van der Waals surface area contributed by atoms with Crippen molar-refractivity contribution in [3.8, 4) is 22.8 Å². The van der Waals surface area contributed by atoms with Crippen LogP contribution in [0.5, 0.6) is 11.5 Å². The molecular weight excluding hydrogens is 353 g/mol. The summed E-state index contributed by atoms with van der Waals surface area (Å²) in [6.07, 6.45) is 0. The Bertz CT molecular complexity index is 886. The highest BCUT2D eigenvalue weighted by molar-refractivity contribution is 6.35. The second-order valence-corrected chi connectivity index (χ2v) is 5.81. The average Bonchev–Trinajstić information content (AvgIpc) is 2.83. The van der Waals surface area contributed by atoms with Crippen molar-refractivity contribution >= 4 is 35.0 Å². The molecule has 0 radical (unpaired) electrons. The van der Waals surface area contributed by atoms with Crippen molar-refractivity contribution in [3.05, 3.63) is 64.1 Å². The van der Waals surface area contributed by atoms with Crippen molar-refractivity contribution in [2.45, 2.75) is 0 Å². The Morgan fingerprint density at radius 2 is 1.58 bits per heavy atom. The molecule has 0 aliphatic heterocycles. The first kappa shape index (κ1) is 16.2. The van der Waals surface area contributed by atoms with E-state index in [4.69, 9.17) is 27.6 Å². The minimum absolute atomic E-state index is 0.0553. The highest BCUT2D eigenvalue weighted by Crippen LogP contribution is 2.46. The van der Waals surface area contributed by atoms with Gasteiger partial charge in [0.2, 0.25) is 17.4 Å². The van der Waals surface area contributed by atoms with Gasteiger partial charge in [-0.25, -0.2) is 0 Å². The number of halogens is 2. The summed E-state index contributed by atoms with van der Waals surface area (Å²) in [7, 11) is 0. The summed E-state index contributed by atoms with van der Waals surface area (Å²) in [5.41, 5.74) is 0.737. The van der Waals surface area contributed by atoms with Crippen LogP contribution >= 0.6 is 23.2 Å². The number of furan rings is 1. The number of rotatable bonds is 3. The molecule has 0 aliphatic carbocycles. The lowest BCUT2D eigenvalue weighted by atomic mass is 10.1. The smallest absolute Gasteiger partial charge is 0.258 e. The number of amides is 1. The molecule has 5 nitrogen and oxygen atoms in total. The predicted octanol–water partition coefficient (Wildman–Crippen LogP) is 4.92. The number of hydrogen-bond acceptors (Lipinski definition) is 4. The van der Waals surface area contributed by atoms with E-state index in [0.29, 0.717) is 21.2 Å². The first-order valence-corrected chi connectivity index (χ1v) is 7.59. The minimum Gasteiger partial charge on any atom is -0.502 e. The molecule has 0 saturated heterocycles. The van der Waals surface area contributed by atoms with Crippen LogP contribution in [0, 0.1) is 0 Å². The zero-order chi connectivity index (χ0) is 17.3. The molecule has 122 valence electrons. The number of anilines is 1. The lowest BCUT2D eigenvalue weighted by Gasteiger charge is -2.02. The average molecular weight is 364 g/mol. The van der Waals surface area contributed by atoms with Gasteiger partial charge in [-0.1, -0.05) is 41.4 Å². The van der Waals surface area contributed by atoms with E-state index in [1.807, 2.05) is 0 Å². The fraction of sp³-hybridized carbons (Fsp3) is 0. The predicted molar refractivity (Wildman–Crippen MR) is 91.9 cm³/mol. The summed E-state index contributed by atoms with van der Waals surface area (Å²) in [5, 5.41) is 23.1. The largest absolute Gasteiger partial charge is 0.502 e. The number of nitrogens with one attached hydrogen (secondary N) is 1. The Morgan fingerprint density at radius 3 is 2.21 bits per heavy atom. The van der Waals surface area contributed by atoms with Gasteiger partial charge < -0.3 is 14.6 Å². The number of hydrogen-bond donors (Lipinski definition) is 3. The molecule has 0 saturated carbocycles. The molecule has 1 heterocycles. The standard InChI is InChI=1S/C17H11Cl2NO4/c18-11-6-10(7-12(19)8-11)15-13(21)14(22)17(24-15)20-16(23)9-4-2-1-3-5-9/h1-8,21-22H,(H,20,23). The lowest BCUT2D eigenvalue weighted by Crippen LogP contribution is -2.10. The molecule has 1 amide bonds. The molecule has 7 heteroatoms. The van der Waals surface area contributed by atoms with Crippen molar-refractivity contribution < 1.29 is 19.4 Å². The van der Waals surface area contributed by atoms with Gasteiger partial charge in [0.25, 0.3) is 5.91 Å². The van der Waals surface area contributed by atoms with E-state index in [2.05, 4.69) is 5.32 Å². The SMILES string of the molecule is O=C(Nc1oc(-c2cc(Cl)cc(Cl)c2)c(O)c1O)c1ccccc1. The van der Waals surface area contributed by atoms with Gasteiger partial charge in [0, 0.05) is 21.2 Å². The summed E-state index contributed by atoms with van der Waals surface area (Å²) in [5.74, 6) is -1.91. The third kappa shape index (κ3) is 3.18. The van der Waals surface area contributed by atoms with Crippen LogP contribution in [-0.2, 0) is 0 Å². The van der Waals surface area contributed by atoms with E-state index >= 15 is 0 Å². The van der Waals surface area contributed by atoms with Gasteiger partial charge in [-0.15, -0.1) is 0 Å². The van der Waals surface area contributed by atoms with Gasteiger partial charge in [-0.05, 0) is 30.3 Å². The monoisotopic (exact) mass is 363 g/mol. The maximum absolute atomic E-state index is 12.1. The van der Waals surface area contributed by atoms with Gasteiger partial charge in [0.15, 0.2) is 5.76 Å². The van der Waals surface area contributed by atoms with Crippen molar-refractivity contribution in [2.75, 3.05) is 5.32 Å². The first-order chi connectivity index (χ1) is 11.5. The van der Waals surface area contributed by atoms with Crippen molar-refractivity contribution in [3.63, 3.8) is 0 Å². The van der Waals surface area contributed by atoms with E-state index < -0.39 is 17.4 Å². The third-order valence-corrected chi connectivity index (χ3v) is 3.68. The highest BCUT2D eigenvalue weighted by atomic mass is 35.5. The minimum atomic E-state index is -0.578. The summed E-state index contributed by atoms with van der Waals surface area (Å²) in [6.45, 7) is 0. The lowest BCUT2D eigenvalue weighted by molar-refractivity contribution is 0.102. The Labute approximate surface area is 147 Å². The fourth-order valence-corrected chi connectivity index (χ4v) is 2.67. The molecule has 3 aromatic rings. The van der Waals surface area contributed by atoms with Crippen molar-refractivity contribution in [2.24, 2.45) is 0 Å². The number of carbonyl (C=O) groups is 1. The second kappa shape index (κ2) is 6.47. The van der Waals surface area contributed by atoms with Gasteiger partial charge in [-0.2, -0.15) is 0 Å². The maximum Gasteiger partial charge on any atom is 0.258 e. The van der Waals surface area contributed by atoms with E-state index in [0.717, 1.165) is 0 Å². The van der Waals surface area contributed by atoms with Gasteiger partial charge >= 0.3 is 0 Å². The topological polar surface area (TPSA) is 82.7 Å². The number of carbonyl (C=O) groups excluding carboxylic acids is 1. The summed E-state index contributed by atoms with van der Waals surface area (Å²) in [4.78, 5) is 12.1. The Morgan fingerprint density at radius 1 is 0.958 bits per heavy atom. The zero-order valence-electron chi connectivity index (χ0n) is 12.1. The van der Waals surface area contributed by atoms with E-state index in [1.165, 1.54) is 18.2 Å². The molecule has 0 spiro atoms. The fourth-order valence-electron chi connectivity index (χ4n) is 2.14. The summed E-state index contributed by atoms with van der Waals surface area (Å²) < 4.78 is 5.38. The third-order valence-electron chi connectivity index (χ3n) is 3.25. The molecule has 1 aromatic heterocycles. The zero-order valence-corrected chi connectivity index (χ0v) is 13.6. The second-order valence-electron chi connectivity index (χ2n) is 4.94. The molecule has 2 aromatic carbocycles. The molecule has 0 bridgehead atoms. The van der Waals surface area contributed by atoms with Crippen LogP contribution in [-0.4, -0.2) is 16.1 Å². The molecular formula is C17H11Cl2NO4. The highest BCUT2D eigenvalue weighted by Gasteiger charge is 2.23. The molecule has 0 fully saturated rings. The molecule has 0 unspecified atom stereocenters. The van der Waals surface area contributed by atoms with Crippen LogP contribution in [0.2, 0.25) is 10.0 Å². The van der Waals surface area contributed by atoms with Crippen LogP contribution in [0.15, 0.2) is 52.9 Å². The molecule has 3 rings (SSSR count). The van der Waals surface area contributed by atoms with Gasteiger partial charge in [0.05, 0.1) is 0 Å². The number of aromatic hydroxyl groups is 2. The van der Waals surface area contributed by atoms with Crippen LogP contribution < -0.4 is 5.32 Å². The van der Waals surface area contributed by atoms with Gasteiger partial charge in [0.1, 0.15) is 0 Å². The molecule has 24 heavy (non-hydrogen) atoms. The van der Waals surface area contributed by atoms with Crippen LogP contribution in [0.1, 0.15) is 10.4 Å². The molecule has 0 aliphatic rings. The normalized spacial score (nSPS) is 10.6. The van der Waals surface area contributed by atoms with E-state index in [9.17, 15) is 15.0 Å². The van der Waals surface area contributed by atoms with Crippen LogP contribution in [0.4, 0.5) is 5.88 Å². The summed E-state index contributed by atoms with van der Waals surface area (Å²) in [6, 6.07) is 12.9. The van der Waals surface area contributed by atoms with E-state index in [1.54, 1.807) is 30.3 Å². The van der Waals surface area contributed by atoms with Crippen molar-refractivity contribution in [1.29, 1.82) is 0 Å². The van der Waals surface area contributed by atoms with Crippen molar-refractivity contribution in [1.82, 2.24) is 0 Å². The van der Waals surface area contributed by atoms with Crippen LogP contribution in [0.25, 0.3) is 11.3 Å². The molecule has 0 atom stereocenters. The first-order valence-electron chi connectivity index (χ1n) is 6.83. The summed E-state index contributed by atoms with van der Waals surface area (Å²) >= 11 is 11.8. The Kier molecular flexibility index (Phi) is 4.38. The van der Waals surface area contributed by atoms with Gasteiger partial charge in [-0.3, -0.25) is 10.1 Å². The number of benzene rings is 2. The van der Waals surface area contributed by atoms with E-state index in [-0.39, 0.29) is 11.6 Å². The Balaban J connectivity index is 1.95. The maximum atomic E-state index is 12.1. The molecule has 3 N–H and O–H groups in total. The quantitative estimate of drug-likeness (QED) is 0.616. The van der Waals surface area contributed by atoms with Crippen LogP contribution in [0.3, 0.4) is 0 Å².